The van der Waals surface area contributed by atoms with E-state index in [1.165, 1.54) is 0 Å². The molecule has 5 heteroatoms. The molecule has 0 bridgehead atoms. The number of rotatable bonds is 3. The lowest BCUT2D eigenvalue weighted by molar-refractivity contribution is -0.123. The van der Waals surface area contributed by atoms with Crippen molar-refractivity contribution >= 4 is 11.6 Å². The van der Waals surface area contributed by atoms with Gasteiger partial charge in [0.25, 0.3) is 0 Å². The second kappa shape index (κ2) is 7.44. The Morgan fingerprint density at radius 1 is 1.04 bits per heavy atom. The third kappa shape index (κ3) is 3.59. The van der Waals surface area contributed by atoms with E-state index >= 15 is 0 Å². The Balaban J connectivity index is 1.56. The lowest BCUT2D eigenvalue weighted by Crippen LogP contribution is -2.48. The van der Waals surface area contributed by atoms with E-state index in [1.54, 1.807) is 0 Å². The number of hydrogen-bond acceptors (Lipinski definition) is 4. The maximum absolute atomic E-state index is 13.4. The van der Waals surface area contributed by atoms with Gasteiger partial charge in [0, 0.05) is 11.6 Å². The number of ether oxygens (including phenoxy) is 1. The van der Waals surface area contributed by atoms with Crippen LogP contribution in [-0.2, 0) is 9.53 Å². The fourth-order valence-electron chi connectivity index (χ4n) is 4.59. The molecule has 0 aliphatic carbocycles. The van der Waals surface area contributed by atoms with Crippen LogP contribution in [0.5, 0.6) is 0 Å². The second-order valence-electron chi connectivity index (χ2n) is 7.67. The van der Waals surface area contributed by atoms with Crippen molar-refractivity contribution in [2.45, 2.75) is 43.7 Å². The molecule has 1 spiro atoms. The number of nitrogens with zero attached hydrogens (tertiary/aromatic N) is 1. The predicted octanol–water partition coefficient (Wildman–Crippen LogP) is 1.93. The standard InChI is InChI=1S/C20H29N3O2/c24-19(16-6-10-21-11-7-16)23(17-4-2-1-3-5-17)18-14-20(25-15-18)8-12-22-13-9-20/h1-5,16,18,21-22H,6-15H2/t18-/m1/s1. The van der Waals surface area contributed by atoms with Crippen LogP contribution < -0.4 is 15.5 Å². The summed E-state index contributed by atoms with van der Waals surface area (Å²) in [5, 5.41) is 6.78. The first kappa shape index (κ1) is 17.0. The number of carbonyl (C=O) groups excluding carboxylic acids is 1. The lowest BCUT2D eigenvalue weighted by Gasteiger charge is -2.35. The summed E-state index contributed by atoms with van der Waals surface area (Å²) in [6, 6.07) is 10.3. The van der Waals surface area contributed by atoms with E-state index in [4.69, 9.17) is 4.74 Å². The average Bonchev–Trinajstić information content (AvgIpc) is 3.07. The van der Waals surface area contributed by atoms with Crippen molar-refractivity contribution in [3.63, 3.8) is 0 Å². The molecule has 0 saturated carbocycles. The van der Waals surface area contributed by atoms with Gasteiger partial charge in [-0.15, -0.1) is 0 Å². The highest BCUT2D eigenvalue weighted by atomic mass is 16.5. The van der Waals surface area contributed by atoms with Gasteiger partial charge in [0.1, 0.15) is 0 Å². The number of benzene rings is 1. The monoisotopic (exact) mass is 343 g/mol. The van der Waals surface area contributed by atoms with Crippen LogP contribution in [0.15, 0.2) is 30.3 Å². The van der Waals surface area contributed by atoms with Crippen LogP contribution >= 0.6 is 0 Å². The zero-order valence-corrected chi connectivity index (χ0v) is 14.9. The van der Waals surface area contributed by atoms with Gasteiger partial charge in [-0.25, -0.2) is 0 Å². The fourth-order valence-corrected chi connectivity index (χ4v) is 4.59. The lowest BCUT2D eigenvalue weighted by atomic mass is 9.87. The minimum Gasteiger partial charge on any atom is -0.373 e. The molecule has 25 heavy (non-hydrogen) atoms. The maximum atomic E-state index is 13.4. The van der Waals surface area contributed by atoms with Crippen LogP contribution in [0.4, 0.5) is 5.69 Å². The largest absolute Gasteiger partial charge is 0.373 e. The van der Waals surface area contributed by atoms with E-state index < -0.39 is 0 Å². The predicted molar refractivity (Wildman–Crippen MR) is 98.7 cm³/mol. The van der Waals surface area contributed by atoms with Crippen LogP contribution in [-0.4, -0.2) is 50.3 Å². The summed E-state index contributed by atoms with van der Waals surface area (Å²) in [5.41, 5.74) is 0.989. The fraction of sp³-hybridized carbons (Fsp3) is 0.650. The van der Waals surface area contributed by atoms with Gasteiger partial charge < -0.3 is 20.3 Å². The summed E-state index contributed by atoms with van der Waals surface area (Å²) >= 11 is 0. The zero-order chi connectivity index (χ0) is 17.1. The number of piperidine rings is 2. The van der Waals surface area contributed by atoms with Crippen molar-refractivity contribution in [2.24, 2.45) is 5.92 Å². The summed E-state index contributed by atoms with van der Waals surface area (Å²) in [6.07, 6.45) is 4.93. The molecule has 1 aromatic rings. The Labute approximate surface area is 150 Å². The van der Waals surface area contributed by atoms with Crippen LogP contribution in [0.1, 0.15) is 32.1 Å². The molecule has 3 fully saturated rings. The molecule has 0 radical (unpaired) electrons. The van der Waals surface area contributed by atoms with E-state index in [0.717, 1.165) is 64.0 Å². The van der Waals surface area contributed by atoms with Gasteiger partial charge in [-0.1, -0.05) is 18.2 Å². The molecule has 4 rings (SSSR count). The molecule has 3 saturated heterocycles. The van der Waals surface area contributed by atoms with Crippen LogP contribution in [0.3, 0.4) is 0 Å². The van der Waals surface area contributed by atoms with Crippen molar-refractivity contribution < 1.29 is 9.53 Å². The summed E-state index contributed by atoms with van der Waals surface area (Å²) in [6.45, 7) is 4.57. The number of amides is 1. The third-order valence-corrected chi connectivity index (χ3v) is 6.03. The summed E-state index contributed by atoms with van der Waals surface area (Å²) in [4.78, 5) is 15.4. The van der Waals surface area contributed by atoms with E-state index in [0.29, 0.717) is 6.61 Å². The minimum absolute atomic E-state index is 0.0304. The van der Waals surface area contributed by atoms with Crippen molar-refractivity contribution in [1.82, 2.24) is 10.6 Å². The number of para-hydroxylation sites is 1. The summed E-state index contributed by atoms with van der Waals surface area (Å²) < 4.78 is 6.29. The highest BCUT2D eigenvalue weighted by molar-refractivity contribution is 5.95. The van der Waals surface area contributed by atoms with E-state index in [9.17, 15) is 4.79 Å². The van der Waals surface area contributed by atoms with Gasteiger partial charge in [-0.2, -0.15) is 0 Å². The van der Waals surface area contributed by atoms with Crippen molar-refractivity contribution in [3.8, 4) is 0 Å². The van der Waals surface area contributed by atoms with Crippen LogP contribution in [0.25, 0.3) is 0 Å². The third-order valence-electron chi connectivity index (χ3n) is 6.03. The van der Waals surface area contributed by atoms with Gasteiger partial charge in [-0.3, -0.25) is 4.79 Å². The highest BCUT2D eigenvalue weighted by Gasteiger charge is 2.45. The number of anilines is 1. The highest BCUT2D eigenvalue weighted by Crippen LogP contribution is 2.38. The van der Waals surface area contributed by atoms with Gasteiger partial charge in [-0.05, 0) is 70.4 Å². The Bertz CT molecular complexity index is 580. The minimum atomic E-state index is -0.0304. The number of nitrogens with one attached hydrogen (secondary N) is 2. The Kier molecular flexibility index (Phi) is 5.06. The maximum Gasteiger partial charge on any atom is 0.230 e. The van der Waals surface area contributed by atoms with Crippen molar-refractivity contribution in [2.75, 3.05) is 37.7 Å². The number of hydrogen-bond donors (Lipinski definition) is 2. The van der Waals surface area contributed by atoms with E-state index in [-0.39, 0.29) is 23.5 Å². The van der Waals surface area contributed by atoms with Gasteiger partial charge in [0.2, 0.25) is 5.91 Å². The quantitative estimate of drug-likeness (QED) is 0.881. The van der Waals surface area contributed by atoms with Gasteiger partial charge >= 0.3 is 0 Å². The first-order valence-corrected chi connectivity index (χ1v) is 9.71. The van der Waals surface area contributed by atoms with E-state index in [1.807, 2.05) is 18.2 Å². The van der Waals surface area contributed by atoms with Gasteiger partial charge in [0.05, 0.1) is 18.2 Å². The smallest absolute Gasteiger partial charge is 0.230 e. The number of carbonyl (C=O) groups is 1. The molecule has 136 valence electrons. The summed E-state index contributed by atoms with van der Waals surface area (Å²) in [7, 11) is 0. The summed E-state index contributed by atoms with van der Waals surface area (Å²) in [5.74, 6) is 0.415. The molecule has 2 N–H and O–H groups in total. The van der Waals surface area contributed by atoms with Gasteiger partial charge in [0.15, 0.2) is 0 Å². The Morgan fingerprint density at radius 2 is 1.72 bits per heavy atom. The molecule has 3 heterocycles. The molecule has 5 nitrogen and oxygen atoms in total. The zero-order valence-electron chi connectivity index (χ0n) is 14.9. The van der Waals surface area contributed by atoms with E-state index in [2.05, 4.69) is 27.7 Å². The normalized spacial score (nSPS) is 26.6. The second-order valence-corrected chi connectivity index (χ2v) is 7.67. The SMILES string of the molecule is O=C(C1CCNCC1)N(c1ccccc1)[C@H]1COC2(CCNCC2)C1. The first-order chi connectivity index (χ1) is 12.3. The molecule has 1 amide bonds. The first-order valence-electron chi connectivity index (χ1n) is 9.71. The molecular formula is C20H29N3O2. The van der Waals surface area contributed by atoms with Crippen molar-refractivity contribution in [3.05, 3.63) is 30.3 Å². The molecule has 3 aliphatic heterocycles. The van der Waals surface area contributed by atoms with Crippen LogP contribution in [0, 0.1) is 5.92 Å². The molecule has 3 aliphatic rings. The topological polar surface area (TPSA) is 53.6 Å². The van der Waals surface area contributed by atoms with Crippen LogP contribution in [0.2, 0.25) is 0 Å². The molecule has 0 aromatic heterocycles. The Hall–Kier alpha value is -1.43. The molecule has 0 unspecified atom stereocenters. The average molecular weight is 343 g/mol. The molecule has 1 aromatic carbocycles. The van der Waals surface area contributed by atoms with Crippen molar-refractivity contribution in [1.29, 1.82) is 0 Å². The molecule has 1 atom stereocenters. The Morgan fingerprint density at radius 3 is 2.44 bits per heavy atom. The molecular weight excluding hydrogens is 314 g/mol.